The van der Waals surface area contributed by atoms with Gasteiger partial charge in [0.1, 0.15) is 13.2 Å². The van der Waals surface area contributed by atoms with E-state index in [0.29, 0.717) is 17.4 Å². The Morgan fingerprint density at radius 3 is 1.00 bits per heavy atom. The summed E-state index contributed by atoms with van der Waals surface area (Å²) in [6.45, 7) is 4.83. The van der Waals surface area contributed by atoms with Crippen LogP contribution in [0.25, 0.3) is 0 Å². The summed E-state index contributed by atoms with van der Waals surface area (Å²) < 4.78 is 23.0. The maximum atomic E-state index is 13.0. The van der Waals surface area contributed by atoms with Crippen molar-refractivity contribution in [1.29, 1.82) is 0 Å². The van der Waals surface area contributed by atoms with Crippen LogP contribution < -0.4 is 0 Å². The number of rotatable bonds is 69. The molecule has 0 saturated carbocycles. The largest absolute Gasteiger partial charge is 0.477 e. The lowest BCUT2D eigenvalue weighted by Crippen LogP contribution is -2.40. The molecule has 0 rings (SSSR count). The number of likely N-dealkylation sites (N-methyl/N-ethyl adjacent to an activating group) is 1. The van der Waals surface area contributed by atoms with Crippen molar-refractivity contribution in [1.82, 2.24) is 0 Å². The Labute approximate surface area is 527 Å². The number of unbranched alkanes of at least 4 members (excludes halogenated alkanes) is 46. The molecule has 0 heterocycles. The van der Waals surface area contributed by atoms with Crippen molar-refractivity contribution < 1.29 is 42.9 Å². The van der Waals surface area contributed by atoms with E-state index in [9.17, 15) is 19.5 Å². The van der Waals surface area contributed by atoms with Gasteiger partial charge in [0.25, 0.3) is 6.29 Å². The number of ether oxygens (including phenoxy) is 4. The molecule has 9 nitrogen and oxygen atoms in total. The van der Waals surface area contributed by atoms with Crippen molar-refractivity contribution in [2.45, 2.75) is 373 Å². The molecule has 0 spiro atoms. The van der Waals surface area contributed by atoms with E-state index in [1.54, 1.807) is 0 Å². The molecular formula is C76H142NO8+. The SMILES string of the molecule is CC/C=C\C/C=C\C/C=C\C/C=C\CCCCCCCCCCCCCCCCCCC(=O)OC(COC(=O)CCCCCCCCCCCCCCCCCCCCCCCCCCCCCCCCC)COC(OCC[N+](C)(C)C)C(=O)O. The summed E-state index contributed by atoms with van der Waals surface area (Å²) in [5.41, 5.74) is 0. The summed E-state index contributed by atoms with van der Waals surface area (Å²) in [6, 6.07) is 0. The molecule has 0 aliphatic rings. The van der Waals surface area contributed by atoms with Crippen LogP contribution in [-0.2, 0) is 33.3 Å². The van der Waals surface area contributed by atoms with Crippen LogP contribution in [-0.4, -0.2) is 87.4 Å². The average Bonchev–Trinajstić information content (AvgIpc) is 3.48. The molecule has 0 aromatic rings. The molecule has 0 fully saturated rings. The molecule has 2 unspecified atom stereocenters. The summed E-state index contributed by atoms with van der Waals surface area (Å²) in [6.07, 6.45) is 83.9. The second kappa shape index (κ2) is 67.2. The highest BCUT2D eigenvalue weighted by atomic mass is 16.7. The normalized spacial score (nSPS) is 12.9. The van der Waals surface area contributed by atoms with Gasteiger partial charge in [-0.15, -0.1) is 0 Å². The van der Waals surface area contributed by atoms with E-state index in [-0.39, 0.29) is 38.2 Å². The third kappa shape index (κ3) is 68.6. The number of allylic oxidation sites excluding steroid dienone is 8. The minimum Gasteiger partial charge on any atom is -0.477 e. The fourth-order valence-corrected chi connectivity index (χ4v) is 11.0. The third-order valence-corrected chi connectivity index (χ3v) is 16.6. The molecule has 2 atom stereocenters. The van der Waals surface area contributed by atoms with Crippen LogP contribution in [0.15, 0.2) is 48.6 Å². The minimum absolute atomic E-state index is 0.177. The first kappa shape index (κ1) is 82.2. The van der Waals surface area contributed by atoms with Gasteiger partial charge in [-0.3, -0.25) is 9.59 Å². The molecule has 0 aromatic carbocycles. The maximum Gasteiger partial charge on any atom is 0.361 e. The van der Waals surface area contributed by atoms with Gasteiger partial charge in [0.05, 0.1) is 34.4 Å². The summed E-state index contributed by atoms with van der Waals surface area (Å²) >= 11 is 0. The smallest absolute Gasteiger partial charge is 0.361 e. The van der Waals surface area contributed by atoms with Crippen LogP contribution in [0.5, 0.6) is 0 Å². The number of quaternary nitrogens is 1. The molecule has 85 heavy (non-hydrogen) atoms. The molecule has 0 radical (unpaired) electrons. The van der Waals surface area contributed by atoms with Crippen molar-refractivity contribution in [3.8, 4) is 0 Å². The third-order valence-electron chi connectivity index (χ3n) is 16.6. The summed E-state index contributed by atoms with van der Waals surface area (Å²) in [7, 11) is 5.99. The zero-order chi connectivity index (χ0) is 61.9. The molecule has 0 bridgehead atoms. The summed E-state index contributed by atoms with van der Waals surface area (Å²) in [4.78, 5) is 37.7. The van der Waals surface area contributed by atoms with E-state index in [1.807, 2.05) is 21.1 Å². The molecule has 498 valence electrons. The first-order chi connectivity index (χ1) is 41.6. The highest BCUT2D eigenvalue weighted by molar-refractivity contribution is 5.71. The number of carboxylic acids is 1. The van der Waals surface area contributed by atoms with E-state index in [0.717, 1.165) is 64.2 Å². The highest BCUT2D eigenvalue weighted by Crippen LogP contribution is 2.19. The van der Waals surface area contributed by atoms with Crippen LogP contribution in [0.4, 0.5) is 0 Å². The van der Waals surface area contributed by atoms with Gasteiger partial charge in [-0.25, -0.2) is 4.79 Å². The maximum absolute atomic E-state index is 13.0. The number of carboxylic acid groups (broad SMARTS) is 1. The fraction of sp³-hybridized carbons (Fsp3) is 0.855. The molecule has 0 amide bonds. The molecule has 1 N–H and O–H groups in total. The lowest BCUT2D eigenvalue weighted by molar-refractivity contribution is -0.870. The Morgan fingerprint density at radius 1 is 0.365 bits per heavy atom. The van der Waals surface area contributed by atoms with E-state index >= 15 is 0 Å². The second-order valence-corrected chi connectivity index (χ2v) is 26.2. The predicted molar refractivity (Wildman–Crippen MR) is 364 cm³/mol. The van der Waals surface area contributed by atoms with Crippen LogP contribution in [0.2, 0.25) is 0 Å². The lowest BCUT2D eigenvalue weighted by atomic mass is 10.0. The number of esters is 2. The van der Waals surface area contributed by atoms with E-state index in [4.69, 9.17) is 18.9 Å². The average molecular weight is 1200 g/mol. The van der Waals surface area contributed by atoms with Gasteiger partial charge in [0.15, 0.2) is 6.10 Å². The van der Waals surface area contributed by atoms with E-state index in [2.05, 4.69) is 62.5 Å². The summed E-state index contributed by atoms with van der Waals surface area (Å²) in [5, 5.41) is 9.76. The standard InChI is InChI=1S/C76H141NO8/c1-6-8-10-12-14-16-18-20-22-24-26-28-30-32-34-36-37-39-40-42-44-46-48-50-52-54-56-58-60-62-64-66-73(78)83-70-72(71-84-76(75(80)81)82-69-68-77(3,4)5)85-74(79)67-65-63-61-59-57-55-53-51-49-47-45-43-41-38-35-33-31-29-27-25-23-21-19-17-15-13-11-9-7-2/h9,11,15,17,21,23,27,29,72,76H,6-8,10,12-14,16,18-20,22,24-26,28,30-71H2,1-5H3/p+1/b11-9-,17-15-,23-21-,29-27-. The van der Waals surface area contributed by atoms with Gasteiger partial charge >= 0.3 is 17.9 Å². The fourth-order valence-electron chi connectivity index (χ4n) is 11.0. The van der Waals surface area contributed by atoms with Crippen LogP contribution in [0.3, 0.4) is 0 Å². The predicted octanol–water partition coefficient (Wildman–Crippen LogP) is 22.9. The van der Waals surface area contributed by atoms with Gasteiger partial charge in [0, 0.05) is 12.8 Å². The number of carbonyl (C=O) groups is 3. The van der Waals surface area contributed by atoms with Gasteiger partial charge in [-0.1, -0.05) is 345 Å². The van der Waals surface area contributed by atoms with Crippen LogP contribution in [0, 0.1) is 0 Å². The quantitative estimate of drug-likeness (QED) is 0.0211. The van der Waals surface area contributed by atoms with Gasteiger partial charge in [-0.2, -0.15) is 0 Å². The minimum atomic E-state index is -1.51. The Morgan fingerprint density at radius 2 is 0.671 bits per heavy atom. The van der Waals surface area contributed by atoms with E-state index < -0.39 is 18.4 Å². The summed E-state index contributed by atoms with van der Waals surface area (Å²) in [5.74, 6) is -1.98. The van der Waals surface area contributed by atoms with Gasteiger partial charge in [-0.05, 0) is 51.4 Å². The number of nitrogens with zero attached hydrogens (tertiary/aromatic N) is 1. The Hall–Kier alpha value is -2.75. The Balaban J connectivity index is 4.03. The monoisotopic (exact) mass is 1200 g/mol. The molecule has 0 aliphatic carbocycles. The first-order valence-electron chi connectivity index (χ1n) is 36.8. The Bertz CT molecular complexity index is 1530. The second-order valence-electron chi connectivity index (χ2n) is 26.2. The Kier molecular flexibility index (Phi) is 65.0. The molecule has 9 heteroatoms. The molecule has 0 saturated heterocycles. The van der Waals surface area contributed by atoms with Crippen LogP contribution in [0.1, 0.15) is 361 Å². The van der Waals surface area contributed by atoms with E-state index in [1.165, 1.54) is 270 Å². The highest BCUT2D eigenvalue weighted by Gasteiger charge is 2.25. The van der Waals surface area contributed by atoms with Crippen LogP contribution >= 0.6 is 0 Å². The lowest BCUT2D eigenvalue weighted by Gasteiger charge is -2.25. The van der Waals surface area contributed by atoms with Crippen molar-refractivity contribution in [3.63, 3.8) is 0 Å². The van der Waals surface area contributed by atoms with Crippen molar-refractivity contribution >= 4 is 17.9 Å². The number of hydrogen-bond acceptors (Lipinski definition) is 7. The zero-order valence-electron chi connectivity index (χ0n) is 57.0. The molecule has 0 aliphatic heterocycles. The van der Waals surface area contributed by atoms with Gasteiger partial charge in [0.2, 0.25) is 0 Å². The number of hydrogen-bond donors (Lipinski definition) is 1. The van der Waals surface area contributed by atoms with Gasteiger partial charge < -0.3 is 28.5 Å². The zero-order valence-corrected chi connectivity index (χ0v) is 57.0. The van der Waals surface area contributed by atoms with Crippen molar-refractivity contribution in [2.75, 3.05) is 47.5 Å². The number of aliphatic carboxylic acids is 1. The topological polar surface area (TPSA) is 108 Å². The first-order valence-corrected chi connectivity index (χ1v) is 36.8. The number of carbonyl (C=O) groups excluding carboxylic acids is 2. The molecular weight excluding hydrogens is 1050 g/mol. The van der Waals surface area contributed by atoms with Crippen molar-refractivity contribution in [3.05, 3.63) is 48.6 Å². The molecule has 0 aromatic heterocycles. The van der Waals surface area contributed by atoms with Crippen molar-refractivity contribution in [2.24, 2.45) is 0 Å².